The number of aryl methyl sites for hydroxylation is 3. The van der Waals surface area contributed by atoms with Crippen LogP contribution in [-0.4, -0.2) is 9.78 Å². The van der Waals surface area contributed by atoms with Gasteiger partial charge in [-0.2, -0.15) is 5.10 Å². The Kier molecular flexibility index (Phi) is 3.10. The number of hydrogen-bond donors (Lipinski definition) is 1. The van der Waals surface area contributed by atoms with Crippen molar-refractivity contribution >= 4 is 11.0 Å². The molecule has 0 saturated carbocycles. The van der Waals surface area contributed by atoms with Gasteiger partial charge in [-0.1, -0.05) is 18.2 Å². The molecule has 1 unspecified atom stereocenters. The number of hydrogen-bond acceptors (Lipinski definition) is 3. The van der Waals surface area contributed by atoms with Crippen LogP contribution in [0.25, 0.3) is 11.0 Å². The second-order valence-corrected chi connectivity index (χ2v) is 5.15. The molecule has 0 fully saturated rings. The first-order valence-electron chi connectivity index (χ1n) is 6.89. The number of nitrogens with zero attached hydrogens (tertiary/aromatic N) is 2. The van der Waals surface area contributed by atoms with Crippen LogP contribution < -0.4 is 5.73 Å². The third kappa shape index (κ3) is 2.02. The Labute approximate surface area is 118 Å². The summed E-state index contributed by atoms with van der Waals surface area (Å²) in [6.07, 6.45) is 0. The number of para-hydroxylation sites is 1. The van der Waals surface area contributed by atoms with E-state index in [0.29, 0.717) is 0 Å². The summed E-state index contributed by atoms with van der Waals surface area (Å²) in [6, 6.07) is 9.88. The molecule has 0 aliphatic carbocycles. The topological polar surface area (TPSA) is 57.0 Å². The van der Waals surface area contributed by atoms with Crippen LogP contribution in [-0.2, 0) is 6.54 Å². The lowest BCUT2D eigenvalue weighted by Gasteiger charge is -2.10. The fourth-order valence-corrected chi connectivity index (χ4v) is 2.60. The molecular weight excluding hydrogens is 250 g/mol. The molecule has 3 rings (SSSR count). The molecule has 0 amide bonds. The standard InChI is InChI=1S/C16H19N3O/c1-4-19-13(8-11(3)18-19)15(17)14-9-12-7-5-6-10(2)16(12)20-14/h5-9,15H,4,17H2,1-3H3. The van der Waals surface area contributed by atoms with Crippen molar-refractivity contribution in [3.63, 3.8) is 0 Å². The Hall–Kier alpha value is -2.07. The van der Waals surface area contributed by atoms with Gasteiger partial charge in [0.2, 0.25) is 0 Å². The van der Waals surface area contributed by atoms with Gasteiger partial charge in [-0.15, -0.1) is 0 Å². The van der Waals surface area contributed by atoms with Crippen LogP contribution in [0.3, 0.4) is 0 Å². The van der Waals surface area contributed by atoms with E-state index >= 15 is 0 Å². The van der Waals surface area contributed by atoms with Crippen LogP contribution in [0, 0.1) is 13.8 Å². The third-order valence-electron chi connectivity index (χ3n) is 3.62. The van der Waals surface area contributed by atoms with Crippen LogP contribution in [0.2, 0.25) is 0 Å². The van der Waals surface area contributed by atoms with Gasteiger partial charge in [-0.25, -0.2) is 0 Å². The number of nitrogens with two attached hydrogens (primary N) is 1. The first kappa shape index (κ1) is 12.9. The van der Waals surface area contributed by atoms with Crippen molar-refractivity contribution in [3.8, 4) is 0 Å². The summed E-state index contributed by atoms with van der Waals surface area (Å²) in [5.41, 5.74) is 10.4. The van der Waals surface area contributed by atoms with Crippen LogP contribution in [0.1, 0.15) is 35.7 Å². The summed E-state index contributed by atoms with van der Waals surface area (Å²) in [5.74, 6) is 0.781. The molecule has 2 aromatic heterocycles. The van der Waals surface area contributed by atoms with Crippen molar-refractivity contribution in [1.82, 2.24) is 9.78 Å². The third-order valence-corrected chi connectivity index (χ3v) is 3.62. The molecular formula is C16H19N3O. The van der Waals surface area contributed by atoms with Crippen LogP contribution >= 0.6 is 0 Å². The van der Waals surface area contributed by atoms with Gasteiger partial charge in [-0.3, -0.25) is 4.68 Å². The predicted octanol–water partition coefficient (Wildman–Crippen LogP) is 3.31. The number of furan rings is 1. The van der Waals surface area contributed by atoms with E-state index in [2.05, 4.69) is 12.0 Å². The number of fused-ring (bicyclic) bond motifs is 1. The lowest BCUT2D eigenvalue weighted by molar-refractivity contribution is 0.499. The number of aromatic nitrogens is 2. The molecule has 0 radical (unpaired) electrons. The van der Waals surface area contributed by atoms with Crippen LogP contribution in [0.15, 0.2) is 34.7 Å². The van der Waals surface area contributed by atoms with Gasteiger partial charge >= 0.3 is 0 Å². The van der Waals surface area contributed by atoms with Crippen molar-refractivity contribution in [2.75, 3.05) is 0 Å². The van der Waals surface area contributed by atoms with E-state index in [4.69, 9.17) is 10.2 Å². The zero-order valence-corrected chi connectivity index (χ0v) is 12.1. The lowest BCUT2D eigenvalue weighted by Crippen LogP contribution is -2.16. The molecule has 0 aliphatic heterocycles. The molecule has 3 aromatic rings. The molecule has 4 nitrogen and oxygen atoms in total. The molecule has 0 saturated heterocycles. The quantitative estimate of drug-likeness (QED) is 0.793. The SMILES string of the molecule is CCn1nc(C)cc1C(N)c1cc2cccc(C)c2o1. The van der Waals surface area contributed by atoms with E-state index in [1.54, 1.807) is 0 Å². The molecule has 0 bridgehead atoms. The highest BCUT2D eigenvalue weighted by molar-refractivity contribution is 5.81. The Bertz CT molecular complexity index is 754. The van der Waals surface area contributed by atoms with Gasteiger partial charge < -0.3 is 10.2 Å². The van der Waals surface area contributed by atoms with Gasteiger partial charge in [0.05, 0.1) is 11.4 Å². The van der Waals surface area contributed by atoms with Gasteiger partial charge in [0.15, 0.2) is 0 Å². The minimum absolute atomic E-state index is 0.289. The number of rotatable bonds is 3. The summed E-state index contributed by atoms with van der Waals surface area (Å²) in [6.45, 7) is 6.88. The molecule has 0 aliphatic rings. The Balaban J connectivity index is 2.07. The van der Waals surface area contributed by atoms with Gasteiger partial charge in [-0.05, 0) is 38.5 Å². The van der Waals surface area contributed by atoms with E-state index in [1.165, 1.54) is 0 Å². The largest absolute Gasteiger partial charge is 0.459 e. The van der Waals surface area contributed by atoms with E-state index in [0.717, 1.165) is 40.2 Å². The smallest absolute Gasteiger partial charge is 0.137 e. The zero-order valence-electron chi connectivity index (χ0n) is 12.1. The summed E-state index contributed by atoms with van der Waals surface area (Å²) < 4.78 is 7.89. The summed E-state index contributed by atoms with van der Waals surface area (Å²) in [4.78, 5) is 0. The second-order valence-electron chi connectivity index (χ2n) is 5.15. The van der Waals surface area contributed by atoms with E-state index in [1.807, 2.05) is 48.9 Å². The van der Waals surface area contributed by atoms with Gasteiger partial charge in [0.1, 0.15) is 17.4 Å². The molecule has 1 aromatic carbocycles. The fraction of sp³-hybridized carbons (Fsp3) is 0.312. The highest BCUT2D eigenvalue weighted by Crippen LogP contribution is 2.28. The summed E-state index contributed by atoms with van der Waals surface area (Å²) in [7, 11) is 0. The molecule has 2 heterocycles. The second kappa shape index (κ2) is 4.80. The Morgan fingerprint density at radius 1 is 1.30 bits per heavy atom. The monoisotopic (exact) mass is 269 g/mol. The first-order chi connectivity index (χ1) is 9.60. The maximum atomic E-state index is 6.37. The van der Waals surface area contributed by atoms with Crippen molar-refractivity contribution < 1.29 is 4.42 Å². The average molecular weight is 269 g/mol. The van der Waals surface area contributed by atoms with Crippen LogP contribution in [0.4, 0.5) is 0 Å². The molecule has 2 N–H and O–H groups in total. The molecule has 4 heteroatoms. The van der Waals surface area contributed by atoms with Crippen molar-refractivity contribution in [1.29, 1.82) is 0 Å². The van der Waals surface area contributed by atoms with Crippen molar-refractivity contribution in [3.05, 3.63) is 53.0 Å². The van der Waals surface area contributed by atoms with Crippen molar-refractivity contribution in [2.45, 2.75) is 33.4 Å². The van der Waals surface area contributed by atoms with Gasteiger partial charge in [0, 0.05) is 11.9 Å². The highest BCUT2D eigenvalue weighted by Gasteiger charge is 2.19. The molecule has 0 spiro atoms. The maximum absolute atomic E-state index is 6.37. The zero-order chi connectivity index (χ0) is 14.3. The summed E-state index contributed by atoms with van der Waals surface area (Å²) >= 11 is 0. The predicted molar refractivity (Wildman–Crippen MR) is 79.6 cm³/mol. The molecule has 20 heavy (non-hydrogen) atoms. The fourth-order valence-electron chi connectivity index (χ4n) is 2.60. The maximum Gasteiger partial charge on any atom is 0.137 e. The Morgan fingerprint density at radius 3 is 2.80 bits per heavy atom. The minimum atomic E-state index is -0.289. The van der Waals surface area contributed by atoms with E-state index < -0.39 is 0 Å². The normalized spacial score (nSPS) is 13.0. The summed E-state index contributed by atoms with van der Waals surface area (Å²) in [5, 5.41) is 5.53. The lowest BCUT2D eigenvalue weighted by atomic mass is 10.1. The Morgan fingerprint density at radius 2 is 2.10 bits per heavy atom. The van der Waals surface area contributed by atoms with Gasteiger partial charge in [0.25, 0.3) is 0 Å². The van der Waals surface area contributed by atoms with Crippen LogP contribution in [0.5, 0.6) is 0 Å². The van der Waals surface area contributed by atoms with E-state index in [9.17, 15) is 0 Å². The average Bonchev–Trinajstić information content (AvgIpc) is 3.02. The minimum Gasteiger partial charge on any atom is -0.459 e. The first-order valence-corrected chi connectivity index (χ1v) is 6.89. The molecule has 1 atom stereocenters. The highest BCUT2D eigenvalue weighted by atomic mass is 16.3. The number of benzene rings is 1. The van der Waals surface area contributed by atoms with E-state index in [-0.39, 0.29) is 6.04 Å². The molecule has 104 valence electrons. The van der Waals surface area contributed by atoms with Crippen molar-refractivity contribution in [2.24, 2.45) is 5.73 Å².